The molecule has 104 valence electrons. The predicted octanol–water partition coefficient (Wildman–Crippen LogP) is 1.82. The van der Waals surface area contributed by atoms with Crippen molar-refractivity contribution < 1.29 is 14.1 Å². The number of carbonyl (C=O) groups is 1. The Morgan fingerprint density at radius 1 is 1.45 bits per heavy atom. The van der Waals surface area contributed by atoms with Crippen LogP contribution in [0.3, 0.4) is 0 Å². The Bertz CT molecular complexity index is 624. The van der Waals surface area contributed by atoms with Crippen molar-refractivity contribution in [2.24, 2.45) is 0 Å². The van der Waals surface area contributed by atoms with Gasteiger partial charge in [-0.1, -0.05) is 17.3 Å². The second-order valence-electron chi connectivity index (χ2n) is 4.62. The molecule has 20 heavy (non-hydrogen) atoms. The van der Waals surface area contributed by atoms with E-state index in [0.717, 1.165) is 17.1 Å². The number of para-hydroxylation sites is 2. The number of amides is 1. The summed E-state index contributed by atoms with van der Waals surface area (Å²) < 4.78 is 10.5. The standard InChI is InChI=1S/C14H15N3O3/c1-10-8-14(20-16-10)15-13(18)9-17-6-7-19-12-5-3-2-4-11(12)17/h2-5,8H,6-7,9H2,1H3,(H,15,18). The van der Waals surface area contributed by atoms with Crippen molar-refractivity contribution in [1.82, 2.24) is 5.16 Å². The number of hydrogen-bond acceptors (Lipinski definition) is 5. The predicted molar refractivity (Wildman–Crippen MR) is 74.0 cm³/mol. The number of carbonyl (C=O) groups excluding carboxylic acids is 1. The van der Waals surface area contributed by atoms with Gasteiger partial charge in [0.05, 0.1) is 24.5 Å². The summed E-state index contributed by atoms with van der Waals surface area (Å²) in [5.41, 5.74) is 1.67. The van der Waals surface area contributed by atoms with Gasteiger partial charge in [0.2, 0.25) is 11.8 Å². The average Bonchev–Trinajstić information content (AvgIpc) is 2.84. The van der Waals surface area contributed by atoms with E-state index in [-0.39, 0.29) is 12.5 Å². The Labute approximate surface area is 116 Å². The van der Waals surface area contributed by atoms with Crippen molar-refractivity contribution in [1.29, 1.82) is 0 Å². The monoisotopic (exact) mass is 273 g/mol. The number of benzene rings is 1. The van der Waals surface area contributed by atoms with Crippen molar-refractivity contribution in [3.05, 3.63) is 36.0 Å². The normalized spacial score (nSPS) is 13.6. The highest BCUT2D eigenvalue weighted by Gasteiger charge is 2.20. The van der Waals surface area contributed by atoms with Gasteiger partial charge in [0.1, 0.15) is 12.4 Å². The second-order valence-corrected chi connectivity index (χ2v) is 4.62. The quantitative estimate of drug-likeness (QED) is 0.924. The van der Waals surface area contributed by atoms with Gasteiger partial charge in [-0.2, -0.15) is 0 Å². The molecule has 0 unspecified atom stereocenters. The first-order chi connectivity index (χ1) is 9.72. The number of fused-ring (bicyclic) bond motifs is 1. The van der Waals surface area contributed by atoms with Crippen LogP contribution in [0.15, 0.2) is 34.9 Å². The van der Waals surface area contributed by atoms with E-state index < -0.39 is 0 Å². The van der Waals surface area contributed by atoms with Gasteiger partial charge in [0.15, 0.2) is 0 Å². The number of ether oxygens (including phenoxy) is 1. The highest BCUT2D eigenvalue weighted by atomic mass is 16.5. The molecule has 6 nitrogen and oxygen atoms in total. The lowest BCUT2D eigenvalue weighted by atomic mass is 10.2. The third-order valence-electron chi connectivity index (χ3n) is 3.05. The van der Waals surface area contributed by atoms with Gasteiger partial charge in [-0.3, -0.25) is 10.1 Å². The summed E-state index contributed by atoms with van der Waals surface area (Å²) in [7, 11) is 0. The number of hydrogen-bond donors (Lipinski definition) is 1. The third kappa shape index (κ3) is 2.59. The molecule has 6 heteroatoms. The maximum absolute atomic E-state index is 12.0. The van der Waals surface area contributed by atoms with E-state index in [2.05, 4.69) is 10.5 Å². The van der Waals surface area contributed by atoms with Crippen molar-refractivity contribution in [2.45, 2.75) is 6.92 Å². The minimum Gasteiger partial charge on any atom is -0.490 e. The summed E-state index contributed by atoms with van der Waals surface area (Å²) >= 11 is 0. The van der Waals surface area contributed by atoms with Crippen LogP contribution in [-0.4, -0.2) is 30.8 Å². The fourth-order valence-electron chi connectivity index (χ4n) is 2.16. The van der Waals surface area contributed by atoms with Crippen LogP contribution in [0.2, 0.25) is 0 Å². The highest BCUT2D eigenvalue weighted by molar-refractivity contribution is 5.93. The van der Waals surface area contributed by atoms with Crippen LogP contribution in [0, 0.1) is 6.92 Å². The Hall–Kier alpha value is -2.50. The van der Waals surface area contributed by atoms with Gasteiger partial charge in [-0.05, 0) is 19.1 Å². The maximum Gasteiger partial charge on any atom is 0.246 e. The molecule has 1 aromatic carbocycles. The zero-order valence-electron chi connectivity index (χ0n) is 11.1. The van der Waals surface area contributed by atoms with Crippen molar-refractivity contribution >= 4 is 17.5 Å². The summed E-state index contributed by atoms with van der Waals surface area (Å²) in [6.07, 6.45) is 0. The summed E-state index contributed by atoms with van der Waals surface area (Å²) in [6.45, 7) is 3.31. The molecule has 2 aromatic rings. The van der Waals surface area contributed by atoms with E-state index in [9.17, 15) is 4.79 Å². The molecule has 2 heterocycles. The smallest absolute Gasteiger partial charge is 0.246 e. The van der Waals surface area contributed by atoms with Crippen molar-refractivity contribution in [3.63, 3.8) is 0 Å². The minimum atomic E-state index is -0.141. The van der Waals surface area contributed by atoms with E-state index in [1.165, 1.54) is 0 Å². The molecule has 0 spiro atoms. The van der Waals surface area contributed by atoms with Gasteiger partial charge < -0.3 is 14.2 Å². The molecule has 0 bridgehead atoms. The third-order valence-corrected chi connectivity index (χ3v) is 3.05. The van der Waals surface area contributed by atoms with Crippen LogP contribution < -0.4 is 15.0 Å². The number of nitrogens with zero attached hydrogens (tertiary/aromatic N) is 2. The molecule has 0 atom stereocenters. The Morgan fingerprint density at radius 3 is 3.10 bits per heavy atom. The lowest BCUT2D eigenvalue weighted by Gasteiger charge is -2.30. The lowest BCUT2D eigenvalue weighted by Crippen LogP contribution is -2.38. The van der Waals surface area contributed by atoms with Gasteiger partial charge >= 0.3 is 0 Å². The molecule has 1 N–H and O–H groups in total. The molecule has 0 aliphatic carbocycles. The van der Waals surface area contributed by atoms with Gasteiger partial charge in [0, 0.05) is 6.07 Å². The first-order valence-corrected chi connectivity index (χ1v) is 6.42. The number of nitrogens with one attached hydrogen (secondary N) is 1. The Morgan fingerprint density at radius 2 is 2.30 bits per heavy atom. The molecule has 0 saturated heterocycles. The highest BCUT2D eigenvalue weighted by Crippen LogP contribution is 2.30. The van der Waals surface area contributed by atoms with Crippen LogP contribution in [-0.2, 0) is 4.79 Å². The van der Waals surface area contributed by atoms with Gasteiger partial charge in [0.25, 0.3) is 0 Å². The minimum absolute atomic E-state index is 0.141. The molecule has 1 aromatic heterocycles. The maximum atomic E-state index is 12.0. The molecule has 0 fully saturated rings. The fraction of sp³-hybridized carbons (Fsp3) is 0.286. The lowest BCUT2D eigenvalue weighted by molar-refractivity contribution is -0.115. The zero-order valence-corrected chi connectivity index (χ0v) is 11.1. The summed E-state index contributed by atoms with van der Waals surface area (Å²) in [5.74, 6) is 1.04. The summed E-state index contributed by atoms with van der Waals surface area (Å²) in [5, 5.41) is 6.42. The van der Waals surface area contributed by atoms with Crippen LogP contribution in [0.5, 0.6) is 5.75 Å². The van der Waals surface area contributed by atoms with E-state index >= 15 is 0 Å². The van der Waals surface area contributed by atoms with E-state index in [1.54, 1.807) is 13.0 Å². The first kappa shape index (κ1) is 12.5. The van der Waals surface area contributed by atoms with Crippen molar-refractivity contribution in [2.75, 3.05) is 29.9 Å². The Kier molecular flexibility index (Phi) is 3.28. The second kappa shape index (κ2) is 5.24. The van der Waals surface area contributed by atoms with E-state index in [1.807, 2.05) is 29.2 Å². The molecule has 1 aliphatic rings. The molecular weight excluding hydrogens is 258 g/mol. The van der Waals surface area contributed by atoms with Crippen LogP contribution in [0.25, 0.3) is 0 Å². The molecule has 3 rings (SSSR count). The largest absolute Gasteiger partial charge is 0.490 e. The number of aromatic nitrogens is 1. The SMILES string of the molecule is Cc1cc(NC(=O)CN2CCOc3ccccc32)on1. The summed E-state index contributed by atoms with van der Waals surface area (Å²) in [4.78, 5) is 14.0. The topological polar surface area (TPSA) is 67.6 Å². The summed E-state index contributed by atoms with van der Waals surface area (Å²) in [6, 6.07) is 9.38. The fourth-order valence-corrected chi connectivity index (χ4v) is 2.16. The van der Waals surface area contributed by atoms with Crippen LogP contribution in [0.1, 0.15) is 5.69 Å². The number of aryl methyl sites for hydroxylation is 1. The molecule has 0 saturated carbocycles. The zero-order chi connectivity index (χ0) is 13.9. The van der Waals surface area contributed by atoms with Gasteiger partial charge in [-0.25, -0.2) is 0 Å². The number of rotatable bonds is 3. The molecule has 1 aliphatic heterocycles. The van der Waals surface area contributed by atoms with Gasteiger partial charge in [-0.15, -0.1) is 0 Å². The first-order valence-electron chi connectivity index (χ1n) is 6.42. The molecule has 0 radical (unpaired) electrons. The van der Waals surface area contributed by atoms with Crippen LogP contribution >= 0.6 is 0 Å². The number of anilines is 2. The van der Waals surface area contributed by atoms with Crippen molar-refractivity contribution in [3.8, 4) is 5.75 Å². The molecule has 1 amide bonds. The van der Waals surface area contributed by atoms with E-state index in [4.69, 9.17) is 9.26 Å². The van der Waals surface area contributed by atoms with E-state index in [0.29, 0.717) is 19.0 Å². The Balaban J connectivity index is 1.68. The average molecular weight is 273 g/mol. The molecular formula is C14H15N3O3. The van der Waals surface area contributed by atoms with Crippen LogP contribution in [0.4, 0.5) is 11.6 Å².